The standard InChI is InChI=1S/C20H23NO5S/c1-14(16-7-9-17(10-8-16)27(4,23)24)21-20(22)12-6-15-5-11-18(25-2)19(13-15)26-3/h5-14H,1-4H3,(H,21,22). The van der Waals surface area contributed by atoms with Gasteiger partial charge in [-0.1, -0.05) is 18.2 Å². The molecule has 0 aromatic heterocycles. The molecule has 1 amide bonds. The number of rotatable bonds is 7. The number of amides is 1. The molecule has 0 aliphatic carbocycles. The highest BCUT2D eigenvalue weighted by Crippen LogP contribution is 2.28. The number of benzene rings is 2. The summed E-state index contributed by atoms with van der Waals surface area (Å²) in [6.45, 7) is 1.83. The van der Waals surface area contributed by atoms with Crippen molar-refractivity contribution in [2.24, 2.45) is 0 Å². The second-order valence-corrected chi connectivity index (χ2v) is 8.03. The van der Waals surface area contributed by atoms with Gasteiger partial charge in [-0.05, 0) is 48.4 Å². The Morgan fingerprint density at radius 1 is 1.04 bits per heavy atom. The van der Waals surface area contributed by atoms with Gasteiger partial charge in [0.05, 0.1) is 25.2 Å². The van der Waals surface area contributed by atoms with E-state index in [1.54, 1.807) is 44.6 Å². The Hall–Kier alpha value is -2.80. The maximum absolute atomic E-state index is 12.2. The fraction of sp³-hybridized carbons (Fsp3) is 0.250. The van der Waals surface area contributed by atoms with Crippen molar-refractivity contribution in [1.29, 1.82) is 0 Å². The van der Waals surface area contributed by atoms with Crippen LogP contribution >= 0.6 is 0 Å². The molecule has 1 unspecified atom stereocenters. The Balaban J connectivity index is 2.03. The summed E-state index contributed by atoms with van der Waals surface area (Å²) >= 11 is 0. The van der Waals surface area contributed by atoms with Gasteiger partial charge < -0.3 is 14.8 Å². The Morgan fingerprint density at radius 2 is 1.67 bits per heavy atom. The molecule has 2 aromatic rings. The highest BCUT2D eigenvalue weighted by atomic mass is 32.2. The van der Waals surface area contributed by atoms with Crippen LogP contribution in [0.4, 0.5) is 0 Å². The molecule has 0 aliphatic heterocycles. The first-order valence-corrected chi connectivity index (χ1v) is 10.1. The third-order valence-corrected chi connectivity index (χ3v) is 5.13. The SMILES string of the molecule is COc1ccc(C=CC(=O)NC(C)c2ccc(S(C)(=O)=O)cc2)cc1OC. The Labute approximate surface area is 159 Å². The first kappa shape index (κ1) is 20.5. The van der Waals surface area contributed by atoms with E-state index in [2.05, 4.69) is 5.32 Å². The molecule has 0 radical (unpaired) electrons. The molecule has 0 heterocycles. The van der Waals surface area contributed by atoms with E-state index >= 15 is 0 Å². The Bertz CT molecular complexity index is 933. The van der Waals surface area contributed by atoms with Gasteiger partial charge in [0.2, 0.25) is 5.91 Å². The summed E-state index contributed by atoms with van der Waals surface area (Å²) in [6.07, 6.45) is 4.27. The fourth-order valence-corrected chi connectivity index (χ4v) is 3.11. The van der Waals surface area contributed by atoms with Gasteiger partial charge in [-0.15, -0.1) is 0 Å². The number of sulfone groups is 1. The van der Waals surface area contributed by atoms with Gasteiger partial charge in [-0.2, -0.15) is 0 Å². The van der Waals surface area contributed by atoms with Crippen LogP contribution in [-0.4, -0.2) is 34.8 Å². The average Bonchev–Trinajstić information content (AvgIpc) is 2.65. The van der Waals surface area contributed by atoms with E-state index < -0.39 is 9.84 Å². The normalized spacial score (nSPS) is 12.6. The molecule has 1 atom stereocenters. The minimum Gasteiger partial charge on any atom is -0.493 e. The summed E-state index contributed by atoms with van der Waals surface area (Å²) in [4.78, 5) is 12.4. The molecule has 0 saturated carbocycles. The largest absolute Gasteiger partial charge is 0.493 e. The minimum atomic E-state index is -3.24. The summed E-state index contributed by atoms with van der Waals surface area (Å²) in [7, 11) is -0.126. The molecule has 144 valence electrons. The molecule has 7 heteroatoms. The maximum atomic E-state index is 12.2. The van der Waals surface area contributed by atoms with E-state index in [0.717, 1.165) is 17.4 Å². The first-order chi connectivity index (χ1) is 12.7. The summed E-state index contributed by atoms with van der Waals surface area (Å²) in [5, 5.41) is 2.84. The Morgan fingerprint density at radius 3 is 2.22 bits per heavy atom. The highest BCUT2D eigenvalue weighted by molar-refractivity contribution is 7.90. The molecular formula is C20H23NO5S. The van der Waals surface area contributed by atoms with Gasteiger partial charge >= 0.3 is 0 Å². The van der Waals surface area contributed by atoms with Crippen molar-refractivity contribution in [2.45, 2.75) is 17.9 Å². The summed E-state index contributed by atoms with van der Waals surface area (Å²) in [6, 6.07) is 11.6. The Kier molecular flexibility index (Phi) is 6.63. The maximum Gasteiger partial charge on any atom is 0.244 e. The van der Waals surface area contributed by atoms with Crippen molar-refractivity contribution in [3.05, 3.63) is 59.7 Å². The summed E-state index contributed by atoms with van der Waals surface area (Å²) < 4.78 is 33.4. The number of hydrogen-bond donors (Lipinski definition) is 1. The molecule has 1 N–H and O–H groups in total. The van der Waals surface area contributed by atoms with Crippen LogP contribution in [0.15, 0.2) is 53.4 Å². The summed E-state index contributed by atoms with van der Waals surface area (Å²) in [5.41, 5.74) is 1.61. The topological polar surface area (TPSA) is 81.7 Å². The van der Waals surface area contributed by atoms with Crippen LogP contribution in [0.2, 0.25) is 0 Å². The van der Waals surface area contributed by atoms with Crippen LogP contribution in [0.1, 0.15) is 24.1 Å². The lowest BCUT2D eigenvalue weighted by Crippen LogP contribution is -2.24. The van der Waals surface area contributed by atoms with Crippen LogP contribution < -0.4 is 14.8 Å². The number of carbonyl (C=O) groups is 1. The number of methoxy groups -OCH3 is 2. The van der Waals surface area contributed by atoms with Crippen molar-refractivity contribution in [3.63, 3.8) is 0 Å². The zero-order chi connectivity index (χ0) is 20.0. The molecule has 0 fully saturated rings. The molecule has 2 aromatic carbocycles. The van der Waals surface area contributed by atoms with Gasteiger partial charge in [-0.3, -0.25) is 4.79 Å². The quantitative estimate of drug-likeness (QED) is 0.736. The predicted octanol–water partition coefficient (Wildman–Crippen LogP) is 3.00. The third-order valence-electron chi connectivity index (χ3n) is 4.00. The number of hydrogen-bond acceptors (Lipinski definition) is 5. The smallest absolute Gasteiger partial charge is 0.244 e. The van der Waals surface area contributed by atoms with Gasteiger partial charge in [-0.25, -0.2) is 8.42 Å². The molecule has 0 saturated heterocycles. The second-order valence-electron chi connectivity index (χ2n) is 6.02. The average molecular weight is 389 g/mol. The van der Waals surface area contributed by atoms with Crippen molar-refractivity contribution < 1.29 is 22.7 Å². The monoisotopic (exact) mass is 389 g/mol. The van der Waals surface area contributed by atoms with E-state index in [1.165, 1.54) is 18.2 Å². The third kappa shape index (κ3) is 5.59. The lowest BCUT2D eigenvalue weighted by atomic mass is 10.1. The summed E-state index contributed by atoms with van der Waals surface area (Å²) in [5.74, 6) is 0.939. The molecule has 27 heavy (non-hydrogen) atoms. The highest BCUT2D eigenvalue weighted by Gasteiger charge is 2.11. The molecule has 0 aliphatic rings. The number of nitrogens with one attached hydrogen (secondary N) is 1. The molecule has 0 bridgehead atoms. The lowest BCUT2D eigenvalue weighted by Gasteiger charge is -2.13. The van der Waals surface area contributed by atoms with Crippen molar-refractivity contribution >= 4 is 21.8 Å². The van der Waals surface area contributed by atoms with Crippen LogP contribution in [0.25, 0.3) is 6.08 Å². The predicted molar refractivity (Wildman–Crippen MR) is 105 cm³/mol. The van der Waals surface area contributed by atoms with Crippen molar-refractivity contribution in [1.82, 2.24) is 5.32 Å². The van der Waals surface area contributed by atoms with Gasteiger partial charge in [0.15, 0.2) is 21.3 Å². The van der Waals surface area contributed by atoms with Crippen LogP contribution in [0, 0.1) is 0 Å². The van der Waals surface area contributed by atoms with E-state index in [0.29, 0.717) is 11.5 Å². The lowest BCUT2D eigenvalue weighted by molar-refractivity contribution is -0.117. The fourth-order valence-electron chi connectivity index (χ4n) is 2.48. The van der Waals surface area contributed by atoms with Crippen LogP contribution in [0.3, 0.4) is 0 Å². The van der Waals surface area contributed by atoms with Crippen molar-refractivity contribution in [2.75, 3.05) is 20.5 Å². The van der Waals surface area contributed by atoms with E-state index in [-0.39, 0.29) is 16.8 Å². The zero-order valence-corrected chi connectivity index (χ0v) is 16.5. The zero-order valence-electron chi connectivity index (χ0n) is 15.7. The minimum absolute atomic E-state index is 0.248. The van der Waals surface area contributed by atoms with Gasteiger partial charge in [0.1, 0.15) is 0 Å². The van der Waals surface area contributed by atoms with Crippen LogP contribution in [0.5, 0.6) is 11.5 Å². The van der Waals surface area contributed by atoms with E-state index in [4.69, 9.17) is 9.47 Å². The molecule has 2 rings (SSSR count). The molecular weight excluding hydrogens is 366 g/mol. The van der Waals surface area contributed by atoms with Crippen LogP contribution in [-0.2, 0) is 14.6 Å². The second kappa shape index (κ2) is 8.73. The first-order valence-electron chi connectivity index (χ1n) is 8.25. The van der Waals surface area contributed by atoms with Crippen molar-refractivity contribution in [3.8, 4) is 11.5 Å². The number of ether oxygens (including phenoxy) is 2. The molecule has 0 spiro atoms. The van der Waals surface area contributed by atoms with E-state index in [9.17, 15) is 13.2 Å². The number of carbonyl (C=O) groups excluding carboxylic acids is 1. The van der Waals surface area contributed by atoms with Gasteiger partial charge in [0, 0.05) is 12.3 Å². The van der Waals surface area contributed by atoms with E-state index in [1.807, 2.05) is 13.0 Å². The molecule has 6 nitrogen and oxygen atoms in total. The van der Waals surface area contributed by atoms with Gasteiger partial charge in [0.25, 0.3) is 0 Å².